The normalized spacial score (nSPS) is 20.3. The molecular formula is C18H27N3O4S. The van der Waals surface area contributed by atoms with Crippen LogP contribution in [-0.4, -0.2) is 76.5 Å². The molecule has 0 spiro atoms. The molecule has 144 valence electrons. The number of hydrogen-bond donors (Lipinski definition) is 1. The molecule has 2 aliphatic heterocycles. The molecule has 2 aliphatic rings. The molecule has 0 bridgehead atoms. The number of nitrogens with zero attached hydrogens (tertiary/aromatic N) is 2. The first kappa shape index (κ1) is 19.3. The van der Waals surface area contributed by atoms with Gasteiger partial charge in [-0.25, -0.2) is 8.42 Å². The summed E-state index contributed by atoms with van der Waals surface area (Å²) in [6.45, 7) is 4.24. The van der Waals surface area contributed by atoms with E-state index in [2.05, 4.69) is 5.32 Å². The Hall–Kier alpha value is -1.48. The van der Waals surface area contributed by atoms with E-state index in [1.165, 1.54) is 0 Å². The van der Waals surface area contributed by atoms with Crippen LogP contribution in [0.15, 0.2) is 29.2 Å². The van der Waals surface area contributed by atoms with Crippen molar-refractivity contribution in [2.24, 2.45) is 5.92 Å². The van der Waals surface area contributed by atoms with Crippen molar-refractivity contribution in [3.63, 3.8) is 0 Å². The molecule has 0 aliphatic carbocycles. The predicted molar refractivity (Wildman–Crippen MR) is 98.6 cm³/mol. The van der Waals surface area contributed by atoms with Gasteiger partial charge in [0.05, 0.1) is 18.1 Å². The average molecular weight is 381 g/mol. The average Bonchev–Trinajstić information content (AvgIpc) is 2.69. The number of carbonyl (C=O) groups excluding carboxylic acids is 1. The number of nitrogens with one attached hydrogen (secondary N) is 1. The Morgan fingerprint density at radius 3 is 2.31 bits per heavy atom. The highest BCUT2D eigenvalue weighted by Crippen LogP contribution is 2.24. The van der Waals surface area contributed by atoms with Crippen molar-refractivity contribution in [1.82, 2.24) is 14.5 Å². The molecule has 1 aromatic rings. The molecule has 0 atom stereocenters. The highest BCUT2D eigenvalue weighted by molar-refractivity contribution is 7.89. The van der Waals surface area contributed by atoms with Crippen LogP contribution in [0.2, 0.25) is 0 Å². The largest absolute Gasteiger partial charge is 0.378 e. The number of rotatable bonds is 5. The van der Waals surface area contributed by atoms with Gasteiger partial charge in [-0.3, -0.25) is 4.79 Å². The second-order valence-corrected chi connectivity index (χ2v) is 8.77. The fraction of sp³-hybridized carbons (Fsp3) is 0.611. The third-order valence-corrected chi connectivity index (χ3v) is 7.02. The Labute approximate surface area is 155 Å². The Balaban J connectivity index is 1.66. The Morgan fingerprint density at radius 1 is 1.12 bits per heavy atom. The van der Waals surface area contributed by atoms with Gasteiger partial charge in [0, 0.05) is 31.7 Å². The zero-order valence-corrected chi connectivity index (χ0v) is 16.0. The summed E-state index contributed by atoms with van der Waals surface area (Å²) in [4.78, 5) is 14.5. The van der Waals surface area contributed by atoms with E-state index in [-0.39, 0.29) is 10.8 Å². The monoisotopic (exact) mass is 381 g/mol. The summed E-state index contributed by atoms with van der Waals surface area (Å²) in [6, 6.07) is 6.31. The SMILES string of the molecule is CNCC1CCN(S(=O)(=O)c2ccc(C(=O)N3CCOCC3)cc2)CC1. The van der Waals surface area contributed by atoms with Gasteiger partial charge in [0.15, 0.2) is 0 Å². The number of hydrogen-bond acceptors (Lipinski definition) is 5. The summed E-state index contributed by atoms with van der Waals surface area (Å²) in [6.07, 6.45) is 1.74. The van der Waals surface area contributed by atoms with Crippen molar-refractivity contribution in [2.75, 3.05) is 53.0 Å². The van der Waals surface area contributed by atoms with Crippen LogP contribution in [-0.2, 0) is 14.8 Å². The second kappa shape index (κ2) is 8.47. The predicted octanol–water partition coefficient (Wildman–Crippen LogP) is 0.779. The third-order valence-electron chi connectivity index (χ3n) is 5.10. The van der Waals surface area contributed by atoms with Gasteiger partial charge in [-0.1, -0.05) is 0 Å². The van der Waals surface area contributed by atoms with E-state index < -0.39 is 10.0 Å². The first-order valence-corrected chi connectivity index (χ1v) is 10.6. The van der Waals surface area contributed by atoms with Crippen LogP contribution in [0.1, 0.15) is 23.2 Å². The van der Waals surface area contributed by atoms with Gasteiger partial charge in [0.1, 0.15) is 0 Å². The topological polar surface area (TPSA) is 79.0 Å². The van der Waals surface area contributed by atoms with E-state index in [0.717, 1.165) is 19.4 Å². The molecular weight excluding hydrogens is 354 g/mol. The van der Waals surface area contributed by atoms with Crippen molar-refractivity contribution >= 4 is 15.9 Å². The molecule has 0 radical (unpaired) electrons. The fourth-order valence-corrected chi connectivity index (χ4v) is 4.98. The van der Waals surface area contributed by atoms with Gasteiger partial charge in [0.2, 0.25) is 10.0 Å². The first-order chi connectivity index (χ1) is 12.5. The number of sulfonamides is 1. The lowest BCUT2D eigenvalue weighted by Gasteiger charge is -2.31. The lowest BCUT2D eigenvalue weighted by Crippen LogP contribution is -2.41. The third kappa shape index (κ3) is 4.25. The molecule has 2 heterocycles. The first-order valence-electron chi connectivity index (χ1n) is 9.14. The lowest BCUT2D eigenvalue weighted by atomic mass is 9.98. The Bertz CT molecular complexity index is 706. The van der Waals surface area contributed by atoms with Gasteiger partial charge in [-0.15, -0.1) is 0 Å². The molecule has 26 heavy (non-hydrogen) atoms. The molecule has 0 unspecified atom stereocenters. The van der Waals surface area contributed by atoms with Gasteiger partial charge in [0.25, 0.3) is 5.91 Å². The molecule has 0 aromatic heterocycles. The van der Waals surface area contributed by atoms with E-state index in [0.29, 0.717) is 50.9 Å². The quantitative estimate of drug-likeness (QED) is 0.815. The zero-order valence-electron chi connectivity index (χ0n) is 15.2. The van der Waals surface area contributed by atoms with Crippen LogP contribution < -0.4 is 5.32 Å². The number of piperidine rings is 1. The van der Waals surface area contributed by atoms with Gasteiger partial charge in [-0.05, 0) is 56.6 Å². The molecule has 0 saturated carbocycles. The molecule has 2 fully saturated rings. The number of ether oxygens (including phenoxy) is 1. The highest BCUT2D eigenvalue weighted by atomic mass is 32.2. The molecule has 7 nitrogen and oxygen atoms in total. The van der Waals surface area contributed by atoms with Crippen molar-refractivity contribution in [1.29, 1.82) is 0 Å². The van der Waals surface area contributed by atoms with Crippen LogP contribution in [0.3, 0.4) is 0 Å². The summed E-state index contributed by atoms with van der Waals surface area (Å²) < 4.78 is 32.5. The minimum absolute atomic E-state index is 0.0786. The smallest absolute Gasteiger partial charge is 0.254 e. The van der Waals surface area contributed by atoms with Gasteiger partial charge < -0.3 is 15.0 Å². The van der Waals surface area contributed by atoms with Crippen LogP contribution >= 0.6 is 0 Å². The number of carbonyl (C=O) groups is 1. The fourth-order valence-electron chi connectivity index (χ4n) is 3.51. The van der Waals surface area contributed by atoms with Crippen molar-refractivity contribution in [3.8, 4) is 0 Å². The van der Waals surface area contributed by atoms with E-state index >= 15 is 0 Å². The molecule has 2 saturated heterocycles. The minimum atomic E-state index is -3.50. The van der Waals surface area contributed by atoms with Crippen LogP contribution in [0, 0.1) is 5.92 Å². The number of morpholine rings is 1. The second-order valence-electron chi connectivity index (χ2n) is 6.83. The maximum absolute atomic E-state index is 12.8. The summed E-state index contributed by atoms with van der Waals surface area (Å²) in [7, 11) is -1.58. The highest BCUT2D eigenvalue weighted by Gasteiger charge is 2.29. The lowest BCUT2D eigenvalue weighted by molar-refractivity contribution is 0.0303. The maximum atomic E-state index is 12.8. The summed E-state index contributed by atoms with van der Waals surface area (Å²) in [5.41, 5.74) is 0.513. The molecule has 8 heteroatoms. The maximum Gasteiger partial charge on any atom is 0.254 e. The van der Waals surface area contributed by atoms with Crippen molar-refractivity contribution < 1.29 is 17.9 Å². The molecule has 1 aromatic carbocycles. The van der Waals surface area contributed by atoms with E-state index in [4.69, 9.17) is 4.74 Å². The Kier molecular flexibility index (Phi) is 6.29. The van der Waals surface area contributed by atoms with Crippen LogP contribution in [0.25, 0.3) is 0 Å². The van der Waals surface area contributed by atoms with E-state index in [9.17, 15) is 13.2 Å². The van der Waals surface area contributed by atoms with E-state index in [1.54, 1.807) is 33.5 Å². The van der Waals surface area contributed by atoms with Crippen LogP contribution in [0.4, 0.5) is 0 Å². The molecule has 1 N–H and O–H groups in total. The number of amides is 1. The molecule has 3 rings (SSSR count). The standard InChI is InChI=1S/C18H27N3O4S/c1-19-14-15-6-8-21(9-7-15)26(23,24)17-4-2-16(3-5-17)18(22)20-10-12-25-13-11-20/h2-5,15,19H,6-14H2,1H3. The van der Waals surface area contributed by atoms with Crippen molar-refractivity contribution in [2.45, 2.75) is 17.7 Å². The Morgan fingerprint density at radius 2 is 1.73 bits per heavy atom. The minimum Gasteiger partial charge on any atom is -0.378 e. The zero-order chi connectivity index (χ0) is 18.6. The number of benzene rings is 1. The summed E-state index contributed by atoms with van der Waals surface area (Å²) >= 11 is 0. The molecule has 1 amide bonds. The van der Waals surface area contributed by atoms with Crippen LogP contribution in [0.5, 0.6) is 0 Å². The van der Waals surface area contributed by atoms with E-state index in [1.807, 2.05) is 7.05 Å². The van der Waals surface area contributed by atoms with Crippen molar-refractivity contribution in [3.05, 3.63) is 29.8 Å². The van der Waals surface area contributed by atoms with Gasteiger partial charge >= 0.3 is 0 Å². The summed E-state index contributed by atoms with van der Waals surface area (Å²) in [5, 5.41) is 3.15. The van der Waals surface area contributed by atoms with Gasteiger partial charge in [-0.2, -0.15) is 4.31 Å². The summed E-state index contributed by atoms with van der Waals surface area (Å²) in [5.74, 6) is 0.449.